The molecule has 0 fully saturated rings. The fraction of sp³-hybridized carbons (Fsp3) is 0.407. The average Bonchev–Trinajstić information content (AvgIpc) is 3.44. The molecule has 0 saturated heterocycles. The van der Waals surface area contributed by atoms with Gasteiger partial charge in [-0.3, -0.25) is 14.4 Å². The Morgan fingerprint density at radius 3 is 2.36 bits per heavy atom. The summed E-state index contributed by atoms with van der Waals surface area (Å²) in [5.74, 6) is -2.36. The molecular weight excluding hydrogens is 607 g/mol. The lowest BCUT2D eigenvalue weighted by atomic mass is 10.1. The van der Waals surface area contributed by atoms with Crippen LogP contribution in [0.2, 0.25) is 0 Å². The molecule has 0 saturated carbocycles. The van der Waals surface area contributed by atoms with Gasteiger partial charge < -0.3 is 28.8 Å². The van der Waals surface area contributed by atoms with E-state index in [1.807, 2.05) is 13.0 Å². The summed E-state index contributed by atoms with van der Waals surface area (Å²) < 4.78 is 22.9. The molecule has 0 unspecified atom stereocenters. The van der Waals surface area contributed by atoms with E-state index in [0.29, 0.717) is 28.2 Å². The maximum Gasteiger partial charge on any atom is 0.348 e. The number of nitrogens with zero attached hydrogens (tertiary/aromatic N) is 2. The number of aromatic nitrogens is 1. The predicted octanol–water partition coefficient (Wildman–Crippen LogP) is 3.80. The molecule has 0 aliphatic rings. The number of hydrogen-bond acceptors (Lipinski definition) is 12. The topological polar surface area (TPSA) is 152 Å². The van der Waals surface area contributed by atoms with Crippen LogP contribution in [-0.2, 0) is 35.1 Å². The molecule has 2 amide bonds. The van der Waals surface area contributed by atoms with Crippen molar-refractivity contribution in [3.05, 3.63) is 39.0 Å². The van der Waals surface area contributed by atoms with Gasteiger partial charge in [0.25, 0.3) is 5.91 Å². The number of nitrogens with one attached hydrogen (secondary N) is 1. The number of benzene rings is 1. The molecule has 0 spiro atoms. The van der Waals surface area contributed by atoms with Crippen LogP contribution in [0.25, 0.3) is 10.2 Å². The van der Waals surface area contributed by atoms with Gasteiger partial charge in [0.2, 0.25) is 5.91 Å². The Labute approximate surface area is 254 Å². The Kier molecular flexibility index (Phi) is 12.1. The molecule has 0 atom stereocenters. The van der Waals surface area contributed by atoms with Crippen molar-refractivity contribution < 1.29 is 42.9 Å². The molecular formula is C27H31N3O9S3. The number of methoxy groups -OCH3 is 1. The van der Waals surface area contributed by atoms with Crippen LogP contribution in [0.5, 0.6) is 5.75 Å². The van der Waals surface area contributed by atoms with E-state index in [9.17, 15) is 24.0 Å². The maximum atomic E-state index is 12.7. The van der Waals surface area contributed by atoms with Crippen molar-refractivity contribution in [2.24, 2.45) is 4.99 Å². The highest BCUT2D eigenvalue weighted by Gasteiger charge is 2.27. The monoisotopic (exact) mass is 637 g/mol. The van der Waals surface area contributed by atoms with E-state index in [1.165, 1.54) is 18.4 Å². The first kappa shape index (κ1) is 32.8. The zero-order chi connectivity index (χ0) is 30.8. The second-order valence-corrected chi connectivity index (χ2v) is 11.4. The van der Waals surface area contributed by atoms with Gasteiger partial charge in [-0.25, -0.2) is 9.59 Å². The van der Waals surface area contributed by atoms with E-state index in [4.69, 9.17) is 18.9 Å². The number of ether oxygens (including phenoxy) is 4. The number of esters is 3. The van der Waals surface area contributed by atoms with Crippen molar-refractivity contribution in [2.75, 3.05) is 43.8 Å². The van der Waals surface area contributed by atoms with Crippen molar-refractivity contribution in [3.8, 4) is 5.75 Å². The molecule has 0 aliphatic carbocycles. The molecule has 1 N–H and O–H groups in total. The van der Waals surface area contributed by atoms with Crippen LogP contribution < -0.4 is 14.9 Å². The number of carbonyl (C=O) groups is 5. The van der Waals surface area contributed by atoms with Gasteiger partial charge in [-0.05, 0) is 51.5 Å². The highest BCUT2D eigenvalue weighted by molar-refractivity contribution is 8.00. The van der Waals surface area contributed by atoms with Crippen molar-refractivity contribution in [3.63, 3.8) is 0 Å². The summed E-state index contributed by atoms with van der Waals surface area (Å²) in [4.78, 5) is 67.0. The Balaban J connectivity index is 1.74. The standard InChI is InChI=1S/C27H31N3O9S3/c1-6-37-16-9-10-17-18(11-16)41-27(30(17)12-21(33)36-5)29-20(32)14-40-13-19(31)28-24-22(25(34)38-7-2)15(4)23(42-24)26(35)39-8-3/h9-11H,6-8,12-14H2,1-5H3,(H,28,31). The summed E-state index contributed by atoms with van der Waals surface area (Å²) in [6, 6.07) is 5.36. The molecule has 0 radical (unpaired) electrons. The molecule has 2 heterocycles. The second kappa shape index (κ2) is 15.5. The maximum absolute atomic E-state index is 12.7. The van der Waals surface area contributed by atoms with E-state index in [2.05, 4.69) is 10.3 Å². The third-order valence-electron chi connectivity index (χ3n) is 5.50. The summed E-state index contributed by atoms with van der Waals surface area (Å²) in [6.07, 6.45) is 0. The van der Waals surface area contributed by atoms with E-state index in [-0.39, 0.29) is 46.7 Å². The van der Waals surface area contributed by atoms with Crippen molar-refractivity contribution in [1.29, 1.82) is 0 Å². The van der Waals surface area contributed by atoms with Crippen LogP contribution in [0, 0.1) is 6.92 Å². The summed E-state index contributed by atoms with van der Waals surface area (Å²) in [7, 11) is 1.28. The minimum absolute atomic E-state index is 0.0849. The van der Waals surface area contributed by atoms with Crippen molar-refractivity contribution in [2.45, 2.75) is 34.2 Å². The Morgan fingerprint density at radius 2 is 1.69 bits per heavy atom. The minimum Gasteiger partial charge on any atom is -0.494 e. The zero-order valence-corrected chi connectivity index (χ0v) is 26.2. The third kappa shape index (κ3) is 8.20. The Bertz CT molecular complexity index is 1560. The van der Waals surface area contributed by atoms with Gasteiger partial charge >= 0.3 is 17.9 Å². The first-order valence-corrected chi connectivity index (χ1v) is 15.7. The molecule has 3 rings (SSSR count). The van der Waals surface area contributed by atoms with Gasteiger partial charge in [0.05, 0.1) is 54.2 Å². The molecule has 0 aliphatic heterocycles. The van der Waals surface area contributed by atoms with Gasteiger partial charge in [0.15, 0.2) is 4.80 Å². The average molecular weight is 638 g/mol. The largest absolute Gasteiger partial charge is 0.494 e. The summed E-state index contributed by atoms with van der Waals surface area (Å²) in [6.45, 7) is 7.39. The fourth-order valence-electron chi connectivity index (χ4n) is 3.72. The predicted molar refractivity (Wildman–Crippen MR) is 160 cm³/mol. The number of thiophene rings is 1. The number of thiazole rings is 1. The number of anilines is 1. The molecule has 226 valence electrons. The van der Waals surface area contributed by atoms with Gasteiger partial charge in [0, 0.05) is 0 Å². The zero-order valence-electron chi connectivity index (χ0n) is 23.8. The lowest BCUT2D eigenvalue weighted by Gasteiger charge is -2.07. The molecule has 0 bridgehead atoms. The summed E-state index contributed by atoms with van der Waals surface area (Å²) in [5, 5.41) is 2.81. The Hall–Kier alpha value is -3.69. The molecule has 3 aromatic rings. The lowest BCUT2D eigenvalue weighted by molar-refractivity contribution is -0.141. The number of amides is 2. The van der Waals surface area contributed by atoms with Gasteiger partial charge in [-0.1, -0.05) is 11.3 Å². The SMILES string of the molecule is CCOC(=O)c1sc(NC(=O)CSCC(=O)N=c2sc3cc(OCC)ccc3n2CC(=O)OC)c(C(=O)OCC)c1C. The van der Waals surface area contributed by atoms with Crippen LogP contribution in [-0.4, -0.2) is 72.7 Å². The quantitative estimate of drug-likeness (QED) is 0.216. The van der Waals surface area contributed by atoms with Crippen molar-refractivity contribution >= 4 is 79.4 Å². The number of thioether (sulfide) groups is 1. The van der Waals surface area contributed by atoms with Crippen molar-refractivity contribution in [1.82, 2.24) is 4.57 Å². The van der Waals surface area contributed by atoms with E-state index in [0.717, 1.165) is 27.8 Å². The number of rotatable bonds is 13. The normalized spacial score (nSPS) is 11.3. The van der Waals surface area contributed by atoms with Gasteiger partial charge in [-0.2, -0.15) is 4.99 Å². The fourth-order valence-corrected chi connectivity index (χ4v) is 6.50. The molecule has 12 nitrogen and oxygen atoms in total. The highest BCUT2D eigenvalue weighted by atomic mass is 32.2. The van der Waals surface area contributed by atoms with E-state index in [1.54, 1.807) is 37.5 Å². The number of hydrogen-bond donors (Lipinski definition) is 1. The summed E-state index contributed by atoms with van der Waals surface area (Å²) >= 11 is 3.17. The van der Waals surface area contributed by atoms with Crippen LogP contribution in [0.1, 0.15) is 46.4 Å². The molecule has 42 heavy (non-hydrogen) atoms. The van der Waals surface area contributed by atoms with Crippen LogP contribution >= 0.6 is 34.4 Å². The number of carbonyl (C=O) groups excluding carboxylic acids is 5. The number of fused-ring (bicyclic) bond motifs is 1. The van der Waals surface area contributed by atoms with Crippen LogP contribution in [0.3, 0.4) is 0 Å². The van der Waals surface area contributed by atoms with E-state index >= 15 is 0 Å². The minimum atomic E-state index is -0.671. The molecule has 15 heteroatoms. The molecule has 1 aromatic carbocycles. The van der Waals surface area contributed by atoms with E-state index < -0.39 is 29.7 Å². The van der Waals surface area contributed by atoms with Gasteiger partial charge in [0.1, 0.15) is 22.2 Å². The summed E-state index contributed by atoms with van der Waals surface area (Å²) in [5.41, 5.74) is 1.13. The smallest absolute Gasteiger partial charge is 0.348 e. The van der Waals surface area contributed by atoms with Gasteiger partial charge in [-0.15, -0.1) is 23.1 Å². The van der Waals surface area contributed by atoms with Crippen LogP contribution in [0.15, 0.2) is 23.2 Å². The first-order chi connectivity index (χ1) is 20.1. The lowest BCUT2D eigenvalue weighted by Crippen LogP contribution is -2.23. The highest BCUT2D eigenvalue weighted by Crippen LogP contribution is 2.34. The molecule has 2 aromatic heterocycles. The second-order valence-electron chi connectivity index (χ2n) is 8.36. The van der Waals surface area contributed by atoms with Crippen LogP contribution in [0.4, 0.5) is 5.00 Å². The third-order valence-corrected chi connectivity index (χ3v) is 8.65. The first-order valence-electron chi connectivity index (χ1n) is 12.9. The Morgan fingerprint density at radius 1 is 0.976 bits per heavy atom.